The van der Waals surface area contributed by atoms with E-state index in [1.165, 1.54) is 11.4 Å². The van der Waals surface area contributed by atoms with Gasteiger partial charge in [-0.2, -0.15) is 4.31 Å². The van der Waals surface area contributed by atoms with Crippen LogP contribution >= 0.6 is 11.3 Å². The van der Waals surface area contributed by atoms with Crippen LogP contribution < -0.4 is 5.32 Å². The molecule has 1 aliphatic heterocycles. The van der Waals surface area contributed by atoms with Crippen molar-refractivity contribution in [1.29, 1.82) is 0 Å². The van der Waals surface area contributed by atoms with Crippen LogP contribution in [0.1, 0.15) is 13.3 Å². The smallest absolute Gasteiger partial charge is 0.304 e. The predicted molar refractivity (Wildman–Crippen MR) is 79.3 cm³/mol. The minimum absolute atomic E-state index is 0.0282. The minimum Gasteiger partial charge on any atom is -0.380 e. The highest BCUT2D eigenvalue weighted by Crippen LogP contribution is 2.38. The molecule has 0 amide bonds. The number of hydrogen-bond donors (Lipinski definition) is 1. The SMILES string of the molecule is CCNc1sc(S(=O)(=O)N(C)C2CCOC2)cc1[N+](=O)[O-]. The first kappa shape index (κ1) is 16.1. The molecule has 0 radical (unpaired) electrons. The number of nitrogens with zero attached hydrogens (tertiary/aromatic N) is 2. The Morgan fingerprint density at radius 2 is 2.33 bits per heavy atom. The summed E-state index contributed by atoms with van der Waals surface area (Å²) in [5.74, 6) is 0. The molecule has 2 heterocycles. The van der Waals surface area contributed by atoms with E-state index in [2.05, 4.69) is 5.32 Å². The first-order chi connectivity index (χ1) is 9.87. The van der Waals surface area contributed by atoms with Crippen LogP contribution in [-0.2, 0) is 14.8 Å². The normalized spacial score (nSPS) is 19.1. The number of rotatable bonds is 6. The van der Waals surface area contributed by atoms with Crippen molar-refractivity contribution in [3.63, 3.8) is 0 Å². The highest BCUT2D eigenvalue weighted by molar-refractivity contribution is 7.91. The second-order valence-electron chi connectivity index (χ2n) is 4.61. The molecule has 0 aliphatic carbocycles. The maximum absolute atomic E-state index is 12.5. The van der Waals surface area contributed by atoms with Gasteiger partial charge in [0.25, 0.3) is 10.0 Å². The molecule has 0 aromatic carbocycles. The summed E-state index contributed by atoms with van der Waals surface area (Å²) in [6.07, 6.45) is 0.628. The van der Waals surface area contributed by atoms with Gasteiger partial charge in [-0.3, -0.25) is 10.1 Å². The molecule has 0 bridgehead atoms. The average molecular weight is 335 g/mol. The molecule has 1 saturated heterocycles. The molecule has 1 aliphatic rings. The van der Waals surface area contributed by atoms with Crippen LogP contribution in [0.4, 0.5) is 10.7 Å². The fourth-order valence-corrected chi connectivity index (χ4v) is 5.01. The third kappa shape index (κ3) is 3.18. The van der Waals surface area contributed by atoms with E-state index in [0.29, 0.717) is 26.2 Å². The molecule has 1 unspecified atom stereocenters. The van der Waals surface area contributed by atoms with E-state index in [1.807, 2.05) is 0 Å². The Bertz CT molecular complexity index is 622. The Kier molecular flexibility index (Phi) is 4.81. The van der Waals surface area contributed by atoms with Crippen LogP contribution in [-0.4, -0.2) is 50.5 Å². The summed E-state index contributed by atoms with van der Waals surface area (Å²) in [6, 6.07) is 0.892. The van der Waals surface area contributed by atoms with Gasteiger partial charge in [0.15, 0.2) is 5.00 Å². The van der Waals surface area contributed by atoms with Crippen LogP contribution in [0.2, 0.25) is 0 Å². The zero-order valence-corrected chi connectivity index (χ0v) is 13.4. The summed E-state index contributed by atoms with van der Waals surface area (Å²) < 4.78 is 31.5. The highest BCUT2D eigenvalue weighted by atomic mass is 32.2. The van der Waals surface area contributed by atoms with Crippen LogP contribution in [0.25, 0.3) is 0 Å². The molecule has 118 valence electrons. The molecule has 1 N–H and O–H groups in total. The van der Waals surface area contributed by atoms with Gasteiger partial charge in [-0.15, -0.1) is 0 Å². The monoisotopic (exact) mass is 335 g/mol. The number of hydrogen-bond acceptors (Lipinski definition) is 7. The topological polar surface area (TPSA) is 102 Å². The van der Waals surface area contributed by atoms with Crippen molar-refractivity contribution in [3.05, 3.63) is 16.2 Å². The van der Waals surface area contributed by atoms with Crippen LogP contribution in [0.5, 0.6) is 0 Å². The highest BCUT2D eigenvalue weighted by Gasteiger charge is 2.34. The largest absolute Gasteiger partial charge is 0.380 e. The van der Waals surface area contributed by atoms with Crippen molar-refractivity contribution in [1.82, 2.24) is 4.31 Å². The second kappa shape index (κ2) is 6.26. The Hall–Kier alpha value is -1.23. The first-order valence-corrected chi connectivity index (χ1v) is 8.71. The molecule has 8 nitrogen and oxygen atoms in total. The number of nitrogens with one attached hydrogen (secondary N) is 1. The van der Waals surface area contributed by atoms with E-state index in [0.717, 1.165) is 17.4 Å². The third-order valence-corrected chi connectivity index (χ3v) is 6.72. The molecule has 10 heteroatoms. The Balaban J connectivity index is 2.35. The summed E-state index contributed by atoms with van der Waals surface area (Å²) >= 11 is 0.883. The van der Waals surface area contributed by atoms with E-state index >= 15 is 0 Å². The summed E-state index contributed by atoms with van der Waals surface area (Å²) in [7, 11) is -2.27. The summed E-state index contributed by atoms with van der Waals surface area (Å²) in [5.41, 5.74) is -0.212. The summed E-state index contributed by atoms with van der Waals surface area (Å²) in [4.78, 5) is 10.4. The number of likely N-dealkylation sites (N-methyl/N-ethyl adjacent to an activating group) is 1. The van der Waals surface area contributed by atoms with Crippen molar-refractivity contribution >= 4 is 32.0 Å². The lowest BCUT2D eigenvalue weighted by Gasteiger charge is -2.21. The lowest BCUT2D eigenvalue weighted by Crippen LogP contribution is -2.36. The fourth-order valence-electron chi connectivity index (χ4n) is 2.06. The van der Waals surface area contributed by atoms with Crippen molar-refractivity contribution in [2.45, 2.75) is 23.6 Å². The number of ether oxygens (including phenoxy) is 1. The molecule has 0 saturated carbocycles. The molecule has 0 spiro atoms. The van der Waals surface area contributed by atoms with Crippen LogP contribution in [0.15, 0.2) is 10.3 Å². The van der Waals surface area contributed by atoms with E-state index in [4.69, 9.17) is 4.74 Å². The Morgan fingerprint density at radius 3 is 2.86 bits per heavy atom. The Labute approximate surface area is 126 Å². The molecule has 1 atom stereocenters. The van der Waals surface area contributed by atoms with Gasteiger partial charge in [-0.25, -0.2) is 8.42 Å². The van der Waals surface area contributed by atoms with E-state index in [-0.39, 0.29) is 20.9 Å². The van der Waals surface area contributed by atoms with Gasteiger partial charge in [-0.1, -0.05) is 11.3 Å². The lowest BCUT2D eigenvalue weighted by atomic mass is 10.3. The maximum Gasteiger partial charge on any atom is 0.304 e. The molecule has 1 fully saturated rings. The molecule has 21 heavy (non-hydrogen) atoms. The van der Waals surface area contributed by atoms with Crippen molar-refractivity contribution in [2.75, 3.05) is 32.1 Å². The van der Waals surface area contributed by atoms with Gasteiger partial charge in [0.05, 0.1) is 17.6 Å². The second-order valence-corrected chi connectivity index (χ2v) is 7.88. The molecule has 1 aromatic rings. The minimum atomic E-state index is -3.75. The van der Waals surface area contributed by atoms with Crippen molar-refractivity contribution in [2.24, 2.45) is 0 Å². The summed E-state index contributed by atoms with van der Waals surface area (Å²) in [5, 5.41) is 14.1. The standard InChI is InChI=1S/C11H17N3O5S2/c1-3-12-11-9(14(15)16)6-10(20-11)21(17,18)13(2)8-4-5-19-7-8/h6,8,12H,3-5,7H2,1-2H3. The van der Waals surface area contributed by atoms with Gasteiger partial charge < -0.3 is 10.1 Å². The quantitative estimate of drug-likeness (QED) is 0.624. The maximum atomic E-state index is 12.5. The molecule has 1 aromatic heterocycles. The molecular formula is C11H17N3O5S2. The molecule has 2 rings (SSSR count). The van der Waals surface area contributed by atoms with E-state index < -0.39 is 14.9 Å². The van der Waals surface area contributed by atoms with Crippen LogP contribution in [0.3, 0.4) is 0 Å². The number of anilines is 1. The number of sulfonamides is 1. The van der Waals surface area contributed by atoms with Gasteiger partial charge in [-0.05, 0) is 13.3 Å². The van der Waals surface area contributed by atoms with Gasteiger partial charge in [0.1, 0.15) is 4.21 Å². The fraction of sp³-hybridized carbons (Fsp3) is 0.636. The van der Waals surface area contributed by atoms with Gasteiger partial charge in [0.2, 0.25) is 0 Å². The Morgan fingerprint density at radius 1 is 1.62 bits per heavy atom. The zero-order valence-electron chi connectivity index (χ0n) is 11.7. The summed E-state index contributed by atoms with van der Waals surface area (Å²) in [6.45, 7) is 3.15. The zero-order chi connectivity index (χ0) is 15.6. The van der Waals surface area contributed by atoms with Crippen molar-refractivity contribution in [3.8, 4) is 0 Å². The lowest BCUT2D eigenvalue weighted by molar-refractivity contribution is -0.383. The third-order valence-electron chi connectivity index (χ3n) is 3.28. The van der Waals surface area contributed by atoms with E-state index in [1.54, 1.807) is 6.92 Å². The van der Waals surface area contributed by atoms with Gasteiger partial charge >= 0.3 is 5.69 Å². The van der Waals surface area contributed by atoms with Crippen molar-refractivity contribution < 1.29 is 18.1 Å². The van der Waals surface area contributed by atoms with Gasteiger partial charge in [0, 0.05) is 26.3 Å². The molecular weight excluding hydrogens is 318 g/mol. The first-order valence-electron chi connectivity index (χ1n) is 6.45. The van der Waals surface area contributed by atoms with E-state index in [9.17, 15) is 18.5 Å². The number of thiophene rings is 1. The number of nitro groups is 1. The average Bonchev–Trinajstić information content (AvgIpc) is 3.07. The predicted octanol–water partition coefficient (Wildman–Crippen LogP) is 1.50. The van der Waals surface area contributed by atoms with Crippen LogP contribution in [0, 0.1) is 10.1 Å².